The van der Waals surface area contributed by atoms with Crippen molar-refractivity contribution in [2.24, 2.45) is 5.73 Å². The van der Waals surface area contributed by atoms with Crippen LogP contribution < -0.4 is 5.73 Å². The molecule has 0 saturated carbocycles. The molecular formula is C20H20NO5P. The summed E-state index contributed by atoms with van der Waals surface area (Å²) < 4.78 is 11.4. The highest BCUT2D eigenvalue weighted by molar-refractivity contribution is 7.50. The van der Waals surface area contributed by atoms with Crippen molar-refractivity contribution in [3.63, 3.8) is 0 Å². The Morgan fingerprint density at radius 2 is 1.59 bits per heavy atom. The lowest BCUT2D eigenvalue weighted by Crippen LogP contribution is -2.32. The number of nitrogens with two attached hydrogens (primary N) is 1. The quantitative estimate of drug-likeness (QED) is 0.484. The number of hydrogen-bond acceptors (Lipinski definition) is 3. The second-order valence-corrected chi connectivity index (χ2v) is 8.22. The minimum atomic E-state index is -4.26. The molecule has 0 radical (unpaired) electrons. The van der Waals surface area contributed by atoms with Crippen LogP contribution in [0.2, 0.25) is 0 Å². The number of fused-ring (bicyclic) bond motifs is 1. The van der Waals surface area contributed by atoms with Gasteiger partial charge in [-0.3, -0.25) is 9.36 Å². The van der Waals surface area contributed by atoms with Crippen molar-refractivity contribution in [1.82, 2.24) is 0 Å². The molecule has 0 bridgehead atoms. The molecule has 0 fully saturated rings. The summed E-state index contributed by atoms with van der Waals surface area (Å²) >= 11 is 0. The van der Waals surface area contributed by atoms with Gasteiger partial charge in [0.25, 0.3) is 0 Å². The van der Waals surface area contributed by atoms with Gasteiger partial charge in [-0.1, -0.05) is 54.6 Å². The van der Waals surface area contributed by atoms with E-state index in [1.165, 1.54) is 0 Å². The first-order chi connectivity index (χ1) is 12.7. The lowest BCUT2D eigenvalue weighted by Gasteiger charge is -2.13. The molecule has 5 N–H and O–H groups in total. The van der Waals surface area contributed by atoms with Gasteiger partial charge in [0.1, 0.15) is 6.04 Å². The number of rotatable bonds is 6. The van der Waals surface area contributed by atoms with Gasteiger partial charge >= 0.3 is 13.6 Å². The number of aliphatic carboxylic acids is 1. The van der Waals surface area contributed by atoms with E-state index < -0.39 is 25.8 Å². The van der Waals surface area contributed by atoms with Crippen LogP contribution in [0.3, 0.4) is 0 Å². The van der Waals surface area contributed by atoms with E-state index in [1.807, 2.05) is 48.5 Å². The summed E-state index contributed by atoms with van der Waals surface area (Å²) in [6.07, 6.45) is -0.339. The lowest BCUT2D eigenvalue weighted by molar-refractivity contribution is -0.138. The SMILES string of the molecule is N[C@H](Cc1cc(CP(=O)(O)O)cc(-c2ccc3ccccc3c2)c1)C(=O)O. The third-order valence-electron chi connectivity index (χ3n) is 4.30. The molecule has 1 atom stereocenters. The Balaban J connectivity index is 2.07. The molecule has 6 nitrogen and oxygen atoms in total. The largest absolute Gasteiger partial charge is 0.480 e. The van der Waals surface area contributed by atoms with Gasteiger partial charge in [0.15, 0.2) is 0 Å². The minimum Gasteiger partial charge on any atom is -0.480 e. The van der Waals surface area contributed by atoms with Crippen molar-refractivity contribution < 1.29 is 24.3 Å². The zero-order valence-corrected chi connectivity index (χ0v) is 15.3. The molecule has 0 aliphatic rings. The Bertz CT molecular complexity index is 1040. The van der Waals surface area contributed by atoms with E-state index in [4.69, 9.17) is 10.8 Å². The molecule has 0 aliphatic carbocycles. The van der Waals surface area contributed by atoms with E-state index in [9.17, 15) is 19.1 Å². The van der Waals surface area contributed by atoms with E-state index in [-0.39, 0.29) is 6.42 Å². The maximum absolute atomic E-state index is 11.4. The zero-order valence-electron chi connectivity index (χ0n) is 14.4. The standard InChI is InChI=1S/C20H20NO5P/c21-19(20(22)23)10-13-7-14(12-27(24,25)26)9-18(8-13)17-6-5-15-3-1-2-4-16(15)11-17/h1-9,11,19H,10,12,21H2,(H,22,23)(H2,24,25,26)/t19-/m1/s1. The average molecular weight is 385 g/mol. The zero-order chi connectivity index (χ0) is 19.6. The highest BCUT2D eigenvalue weighted by Crippen LogP contribution is 2.40. The molecule has 7 heteroatoms. The Labute approximate surface area is 156 Å². The molecule has 0 saturated heterocycles. The van der Waals surface area contributed by atoms with E-state index in [0.717, 1.165) is 21.9 Å². The molecule has 3 aromatic rings. The van der Waals surface area contributed by atoms with Crippen molar-refractivity contribution in [1.29, 1.82) is 0 Å². The van der Waals surface area contributed by atoms with Gasteiger partial charge in [-0.25, -0.2) is 0 Å². The fourth-order valence-corrected chi connectivity index (χ4v) is 3.74. The van der Waals surface area contributed by atoms with E-state index in [2.05, 4.69) is 0 Å². The third kappa shape index (κ3) is 5.02. The van der Waals surface area contributed by atoms with Crippen LogP contribution in [0.5, 0.6) is 0 Å². The van der Waals surface area contributed by atoms with Crippen molar-refractivity contribution in [2.75, 3.05) is 0 Å². The third-order valence-corrected chi connectivity index (χ3v) is 5.07. The van der Waals surface area contributed by atoms with Crippen LogP contribution in [-0.2, 0) is 21.9 Å². The van der Waals surface area contributed by atoms with Crippen molar-refractivity contribution in [3.8, 4) is 11.1 Å². The van der Waals surface area contributed by atoms with Crippen LogP contribution in [0.25, 0.3) is 21.9 Å². The average Bonchev–Trinajstić information content (AvgIpc) is 2.59. The van der Waals surface area contributed by atoms with Gasteiger partial charge in [-0.2, -0.15) is 0 Å². The summed E-state index contributed by atoms with van der Waals surface area (Å²) in [6.45, 7) is 0. The van der Waals surface area contributed by atoms with Gasteiger partial charge in [0.2, 0.25) is 0 Å². The van der Waals surface area contributed by atoms with Crippen molar-refractivity contribution in [3.05, 3.63) is 71.8 Å². The maximum Gasteiger partial charge on any atom is 0.329 e. The van der Waals surface area contributed by atoms with Gasteiger partial charge in [-0.15, -0.1) is 0 Å². The Morgan fingerprint density at radius 3 is 2.26 bits per heavy atom. The number of carbonyl (C=O) groups is 1. The minimum absolute atomic E-state index is 0.0743. The van der Waals surface area contributed by atoms with E-state index in [0.29, 0.717) is 11.1 Å². The van der Waals surface area contributed by atoms with Gasteiger partial charge in [-0.05, 0) is 45.5 Å². The highest BCUT2D eigenvalue weighted by atomic mass is 31.2. The molecule has 0 amide bonds. The summed E-state index contributed by atoms with van der Waals surface area (Å²) in [6, 6.07) is 17.8. The van der Waals surface area contributed by atoms with Crippen LogP contribution >= 0.6 is 7.60 Å². The Morgan fingerprint density at radius 1 is 0.926 bits per heavy atom. The number of carboxylic acids is 1. The summed E-state index contributed by atoms with van der Waals surface area (Å²) in [5.41, 5.74) is 8.35. The molecular weight excluding hydrogens is 365 g/mol. The molecule has 140 valence electrons. The fourth-order valence-electron chi connectivity index (χ4n) is 3.09. The van der Waals surface area contributed by atoms with Crippen LogP contribution in [0.1, 0.15) is 11.1 Å². The Kier molecular flexibility index (Phi) is 5.44. The van der Waals surface area contributed by atoms with Crippen molar-refractivity contribution >= 4 is 24.3 Å². The number of benzene rings is 3. The normalized spacial score (nSPS) is 12.9. The second-order valence-electron chi connectivity index (χ2n) is 6.57. The fraction of sp³-hybridized carbons (Fsp3) is 0.150. The van der Waals surface area contributed by atoms with Gasteiger partial charge in [0.05, 0.1) is 6.16 Å². The van der Waals surface area contributed by atoms with Crippen LogP contribution in [0.15, 0.2) is 60.7 Å². The predicted octanol–water partition coefficient (Wildman–Crippen LogP) is 3.14. The summed E-state index contributed by atoms with van der Waals surface area (Å²) in [5, 5.41) is 11.2. The van der Waals surface area contributed by atoms with Crippen LogP contribution in [0.4, 0.5) is 0 Å². The maximum atomic E-state index is 11.4. The first-order valence-electron chi connectivity index (χ1n) is 8.36. The smallest absolute Gasteiger partial charge is 0.329 e. The number of carboxylic acid groups (broad SMARTS) is 1. The summed E-state index contributed by atoms with van der Waals surface area (Å²) in [5.74, 6) is -1.12. The molecule has 0 aromatic heterocycles. The molecule has 0 unspecified atom stereocenters. The first-order valence-corrected chi connectivity index (χ1v) is 10.2. The molecule has 0 heterocycles. The Hall–Kier alpha value is -2.50. The molecule has 0 spiro atoms. The predicted molar refractivity (Wildman–Crippen MR) is 104 cm³/mol. The molecule has 3 aromatic carbocycles. The van der Waals surface area contributed by atoms with Crippen molar-refractivity contribution in [2.45, 2.75) is 18.6 Å². The number of hydrogen-bond donors (Lipinski definition) is 4. The summed E-state index contributed by atoms with van der Waals surface area (Å²) in [4.78, 5) is 29.7. The van der Waals surface area contributed by atoms with E-state index in [1.54, 1.807) is 12.1 Å². The van der Waals surface area contributed by atoms with E-state index >= 15 is 0 Å². The van der Waals surface area contributed by atoms with Gasteiger partial charge < -0.3 is 20.6 Å². The highest BCUT2D eigenvalue weighted by Gasteiger charge is 2.18. The second kappa shape index (κ2) is 7.62. The lowest BCUT2D eigenvalue weighted by atomic mass is 9.95. The summed E-state index contributed by atoms with van der Waals surface area (Å²) in [7, 11) is -4.26. The topological polar surface area (TPSA) is 121 Å². The first kappa shape index (κ1) is 19.3. The van der Waals surface area contributed by atoms with Crippen LogP contribution in [0, 0.1) is 0 Å². The monoisotopic (exact) mass is 385 g/mol. The van der Waals surface area contributed by atoms with Gasteiger partial charge in [0, 0.05) is 0 Å². The molecule has 0 aliphatic heterocycles. The molecule has 27 heavy (non-hydrogen) atoms. The van der Waals surface area contributed by atoms with Crippen LogP contribution in [-0.4, -0.2) is 26.9 Å². The molecule has 3 rings (SSSR count).